The topological polar surface area (TPSA) is 59.4 Å². The van der Waals surface area contributed by atoms with Crippen molar-refractivity contribution in [3.63, 3.8) is 0 Å². The molecule has 0 aliphatic carbocycles. The lowest BCUT2D eigenvalue weighted by Crippen LogP contribution is -2.46. The first kappa shape index (κ1) is 28.8. The summed E-state index contributed by atoms with van der Waals surface area (Å²) >= 11 is 19.1. The van der Waals surface area contributed by atoms with E-state index in [1.165, 1.54) is 6.42 Å². The second-order valence-electron chi connectivity index (χ2n) is 10.4. The highest BCUT2D eigenvalue weighted by Crippen LogP contribution is 2.49. The van der Waals surface area contributed by atoms with Gasteiger partial charge in [-0.3, -0.25) is 10.2 Å². The molecule has 10 heteroatoms. The van der Waals surface area contributed by atoms with Crippen molar-refractivity contribution in [2.24, 2.45) is 0 Å². The van der Waals surface area contributed by atoms with E-state index >= 15 is 0 Å². The number of rotatable bonds is 4. The van der Waals surface area contributed by atoms with E-state index in [1.54, 1.807) is 16.8 Å². The number of hydrazine groups is 1. The van der Waals surface area contributed by atoms with Crippen LogP contribution in [0, 0.1) is 0 Å². The fourth-order valence-corrected chi connectivity index (χ4v) is 6.08. The molecular formula is C30H28Cl4N4O2. The number of benzene rings is 3. The van der Waals surface area contributed by atoms with Crippen LogP contribution in [-0.2, 0) is 5.60 Å². The molecule has 1 aromatic heterocycles. The van der Waals surface area contributed by atoms with Crippen LogP contribution < -0.4 is 10.2 Å². The number of halogens is 4. The lowest BCUT2D eigenvalue weighted by Gasteiger charge is -2.34. The Balaban J connectivity index is 0.00000323. The average molecular weight is 618 g/mol. The highest BCUT2D eigenvalue weighted by Gasteiger charge is 2.42. The normalized spacial score (nSPS) is 15.8. The fourth-order valence-electron chi connectivity index (χ4n) is 5.40. The zero-order chi connectivity index (χ0) is 27.3. The molecule has 2 aliphatic heterocycles. The van der Waals surface area contributed by atoms with Crippen LogP contribution in [0.3, 0.4) is 0 Å². The van der Waals surface area contributed by atoms with Crippen LogP contribution in [0.4, 0.5) is 0 Å². The van der Waals surface area contributed by atoms with Crippen molar-refractivity contribution in [3.05, 3.63) is 87.0 Å². The molecule has 6 nitrogen and oxygen atoms in total. The van der Waals surface area contributed by atoms with E-state index in [2.05, 4.69) is 5.43 Å². The van der Waals surface area contributed by atoms with Crippen molar-refractivity contribution in [1.29, 1.82) is 0 Å². The molecule has 0 spiro atoms. The number of nitrogens with one attached hydrogen (secondary N) is 1. The smallest absolute Gasteiger partial charge is 0.286 e. The van der Waals surface area contributed by atoms with Crippen molar-refractivity contribution >= 4 is 53.1 Å². The predicted octanol–water partition coefficient (Wildman–Crippen LogP) is 8.35. The Hall–Kier alpha value is -2.74. The van der Waals surface area contributed by atoms with Gasteiger partial charge in [0.2, 0.25) is 0 Å². The van der Waals surface area contributed by atoms with E-state index in [9.17, 15) is 4.79 Å². The number of carbonyl (C=O) groups excluding carboxylic acids is 1. The minimum absolute atomic E-state index is 0. The van der Waals surface area contributed by atoms with E-state index in [4.69, 9.17) is 44.6 Å². The summed E-state index contributed by atoms with van der Waals surface area (Å²) < 4.78 is 8.32. The van der Waals surface area contributed by atoms with Gasteiger partial charge in [0.25, 0.3) is 5.91 Å². The van der Waals surface area contributed by atoms with Gasteiger partial charge in [0.15, 0.2) is 5.69 Å². The van der Waals surface area contributed by atoms with E-state index in [-0.39, 0.29) is 18.3 Å². The third-order valence-electron chi connectivity index (χ3n) is 7.22. The zero-order valence-electron chi connectivity index (χ0n) is 22.0. The molecule has 40 heavy (non-hydrogen) atoms. The molecule has 1 amide bonds. The van der Waals surface area contributed by atoms with Gasteiger partial charge in [-0.25, -0.2) is 9.69 Å². The van der Waals surface area contributed by atoms with Crippen LogP contribution in [0.25, 0.3) is 28.1 Å². The summed E-state index contributed by atoms with van der Waals surface area (Å²) in [7, 11) is 0. The van der Waals surface area contributed by atoms with Gasteiger partial charge < -0.3 is 4.74 Å². The van der Waals surface area contributed by atoms with Crippen molar-refractivity contribution in [2.45, 2.75) is 38.7 Å². The molecule has 208 valence electrons. The number of carbonyl (C=O) groups is 1. The molecule has 1 saturated heterocycles. The summed E-state index contributed by atoms with van der Waals surface area (Å²) in [5, 5.41) is 8.43. The van der Waals surface area contributed by atoms with Crippen LogP contribution >= 0.6 is 47.2 Å². The number of ether oxygens (including phenoxy) is 1. The van der Waals surface area contributed by atoms with Gasteiger partial charge in [0.1, 0.15) is 11.4 Å². The van der Waals surface area contributed by atoms with Gasteiger partial charge >= 0.3 is 0 Å². The predicted molar refractivity (Wildman–Crippen MR) is 163 cm³/mol. The highest BCUT2D eigenvalue weighted by atomic mass is 35.5. The zero-order valence-corrected chi connectivity index (χ0v) is 25.1. The highest BCUT2D eigenvalue weighted by molar-refractivity contribution is 6.35. The molecule has 3 heterocycles. The summed E-state index contributed by atoms with van der Waals surface area (Å²) in [4.78, 5) is 13.7. The Morgan fingerprint density at radius 3 is 2.38 bits per heavy atom. The van der Waals surface area contributed by atoms with Crippen molar-refractivity contribution in [3.8, 4) is 33.8 Å². The minimum atomic E-state index is -0.860. The first-order valence-corrected chi connectivity index (χ1v) is 14.1. The number of amides is 1. The molecule has 0 unspecified atom stereocenters. The second-order valence-corrected chi connectivity index (χ2v) is 11.7. The molecule has 4 aromatic rings. The Kier molecular flexibility index (Phi) is 8.10. The molecule has 2 aliphatic rings. The molecular weight excluding hydrogens is 590 g/mol. The largest absolute Gasteiger partial charge is 0.482 e. The van der Waals surface area contributed by atoms with E-state index in [1.807, 2.05) is 67.4 Å². The van der Waals surface area contributed by atoms with E-state index < -0.39 is 5.60 Å². The van der Waals surface area contributed by atoms with Gasteiger partial charge in [-0.15, -0.1) is 12.4 Å². The standard InChI is InChI=1S/C30H27Cl3N4O2.ClH/c1-30(2)26-27(29(38)35-36-13-4-3-5-14-36)34-37(24-12-10-21(32)17-23(24)33)28(26)22-11-9-19(16-25(22)39-30)18-7-6-8-20(31)15-18;/h6-12,15-17H,3-5,13-14H2,1-2H3,(H,35,38);1H. The third kappa shape index (κ3) is 5.31. The molecule has 0 bridgehead atoms. The third-order valence-corrected chi connectivity index (χ3v) is 7.99. The number of hydrogen-bond acceptors (Lipinski definition) is 4. The van der Waals surface area contributed by atoms with Crippen LogP contribution in [-0.4, -0.2) is 33.8 Å². The first-order chi connectivity index (χ1) is 18.7. The van der Waals surface area contributed by atoms with Crippen LogP contribution in [0.15, 0.2) is 60.7 Å². The van der Waals surface area contributed by atoms with E-state index in [0.29, 0.717) is 37.8 Å². The molecule has 0 radical (unpaired) electrons. The number of hydrogen-bond donors (Lipinski definition) is 1. The first-order valence-electron chi connectivity index (χ1n) is 13.0. The van der Waals surface area contributed by atoms with Crippen LogP contribution in [0.1, 0.15) is 49.2 Å². The lowest BCUT2D eigenvalue weighted by molar-refractivity contribution is 0.0720. The Labute approximate surface area is 254 Å². The van der Waals surface area contributed by atoms with Gasteiger partial charge in [0, 0.05) is 28.7 Å². The summed E-state index contributed by atoms with van der Waals surface area (Å²) in [5.74, 6) is 0.409. The summed E-state index contributed by atoms with van der Waals surface area (Å²) in [6, 6.07) is 19.0. The van der Waals surface area contributed by atoms with E-state index in [0.717, 1.165) is 48.3 Å². The molecule has 1 N–H and O–H groups in total. The molecule has 6 rings (SSSR count). The van der Waals surface area contributed by atoms with Crippen molar-refractivity contribution < 1.29 is 9.53 Å². The number of fused-ring (bicyclic) bond motifs is 3. The summed E-state index contributed by atoms with van der Waals surface area (Å²) in [6.45, 7) is 5.53. The quantitative estimate of drug-likeness (QED) is 0.250. The monoisotopic (exact) mass is 616 g/mol. The Morgan fingerprint density at radius 2 is 1.65 bits per heavy atom. The number of aromatic nitrogens is 2. The van der Waals surface area contributed by atoms with Crippen LogP contribution in [0.2, 0.25) is 15.1 Å². The maximum absolute atomic E-state index is 13.7. The maximum atomic E-state index is 13.7. The fraction of sp³-hybridized carbons (Fsp3) is 0.267. The minimum Gasteiger partial charge on any atom is -0.482 e. The molecule has 0 atom stereocenters. The van der Waals surface area contributed by atoms with Crippen LogP contribution in [0.5, 0.6) is 5.75 Å². The van der Waals surface area contributed by atoms with Crippen molar-refractivity contribution in [2.75, 3.05) is 13.1 Å². The Morgan fingerprint density at radius 1 is 0.925 bits per heavy atom. The maximum Gasteiger partial charge on any atom is 0.286 e. The average Bonchev–Trinajstić information content (AvgIpc) is 3.31. The van der Waals surface area contributed by atoms with Gasteiger partial charge in [-0.1, -0.05) is 59.4 Å². The van der Waals surface area contributed by atoms with Gasteiger partial charge in [0.05, 0.1) is 22.0 Å². The van der Waals surface area contributed by atoms with Gasteiger partial charge in [-0.2, -0.15) is 5.10 Å². The van der Waals surface area contributed by atoms with Gasteiger partial charge in [-0.05, 0) is 80.3 Å². The van der Waals surface area contributed by atoms with Crippen molar-refractivity contribution in [1.82, 2.24) is 20.2 Å². The number of piperidine rings is 1. The molecule has 0 saturated carbocycles. The SMILES string of the molecule is CC1(C)Oc2cc(-c3cccc(Cl)c3)ccc2-c2c1c(C(=O)NN1CCCCC1)nn2-c1ccc(Cl)cc1Cl.Cl. The molecule has 3 aromatic carbocycles. The Bertz CT molecular complexity index is 1590. The number of nitrogens with zero attached hydrogens (tertiary/aromatic N) is 3. The summed E-state index contributed by atoms with van der Waals surface area (Å²) in [6.07, 6.45) is 3.26. The summed E-state index contributed by atoms with van der Waals surface area (Å²) in [5.41, 5.74) is 7.35. The lowest BCUT2D eigenvalue weighted by atomic mass is 9.88. The second kappa shape index (κ2) is 11.3. The molecule has 1 fully saturated rings.